The van der Waals surface area contributed by atoms with Crippen molar-refractivity contribution in [3.63, 3.8) is 0 Å². The Balaban J connectivity index is 1.21. The summed E-state index contributed by atoms with van der Waals surface area (Å²) >= 11 is 1.32. The minimum atomic E-state index is -0.604. The molecular formula is C26H24N8O4S. The Morgan fingerprint density at radius 1 is 1.08 bits per heavy atom. The maximum atomic E-state index is 13.4. The van der Waals surface area contributed by atoms with E-state index in [1.807, 2.05) is 0 Å². The van der Waals surface area contributed by atoms with E-state index in [4.69, 9.17) is 4.74 Å². The molecule has 1 fully saturated rings. The molecule has 0 radical (unpaired) electrons. The monoisotopic (exact) mass is 544 g/mol. The van der Waals surface area contributed by atoms with E-state index in [1.165, 1.54) is 47.7 Å². The van der Waals surface area contributed by atoms with Gasteiger partial charge in [0.05, 0.1) is 30.3 Å². The number of carbonyl (C=O) groups is 3. The van der Waals surface area contributed by atoms with E-state index in [2.05, 4.69) is 42.5 Å². The molecule has 12 nitrogen and oxygen atoms in total. The number of carbonyl (C=O) groups excluding carboxylic acids is 3. The van der Waals surface area contributed by atoms with Crippen LogP contribution in [0.1, 0.15) is 30.9 Å². The van der Waals surface area contributed by atoms with E-state index in [0.717, 1.165) is 24.8 Å². The lowest BCUT2D eigenvalue weighted by atomic mass is 10.00. The predicted molar refractivity (Wildman–Crippen MR) is 142 cm³/mol. The number of anilines is 2. The molecule has 1 saturated carbocycles. The number of pyridine rings is 2. The normalized spacial score (nSPS) is 23.0. The summed E-state index contributed by atoms with van der Waals surface area (Å²) in [5, 5.41) is 9.04. The van der Waals surface area contributed by atoms with E-state index in [1.54, 1.807) is 24.4 Å². The molecule has 4 atom stereocenters. The summed E-state index contributed by atoms with van der Waals surface area (Å²) in [5.74, 6) is 0.841. The third-order valence-electron chi connectivity index (χ3n) is 6.84. The highest BCUT2D eigenvalue weighted by Crippen LogP contribution is 2.50. The van der Waals surface area contributed by atoms with Crippen molar-refractivity contribution in [1.82, 2.24) is 35.9 Å². The molecule has 3 aliphatic rings. The minimum absolute atomic E-state index is 0.161. The van der Waals surface area contributed by atoms with Crippen molar-refractivity contribution in [2.45, 2.75) is 47.7 Å². The van der Waals surface area contributed by atoms with Gasteiger partial charge in [0.1, 0.15) is 28.2 Å². The summed E-state index contributed by atoms with van der Waals surface area (Å²) in [4.78, 5) is 56.8. The Morgan fingerprint density at radius 2 is 1.87 bits per heavy atom. The van der Waals surface area contributed by atoms with E-state index in [-0.39, 0.29) is 23.9 Å². The van der Waals surface area contributed by atoms with Crippen LogP contribution in [0.25, 0.3) is 0 Å². The molecule has 198 valence electrons. The number of rotatable bonds is 7. The number of nitrogens with zero attached hydrogens (tertiary/aromatic N) is 5. The van der Waals surface area contributed by atoms with Gasteiger partial charge in [0.25, 0.3) is 0 Å². The number of hydrogen-bond acceptors (Lipinski definition) is 9. The molecule has 0 saturated heterocycles. The Labute approximate surface area is 227 Å². The van der Waals surface area contributed by atoms with Crippen LogP contribution in [0.5, 0.6) is 11.5 Å². The van der Waals surface area contributed by atoms with Crippen LogP contribution in [-0.4, -0.2) is 55.1 Å². The predicted octanol–water partition coefficient (Wildman–Crippen LogP) is 2.78. The fourth-order valence-corrected chi connectivity index (χ4v) is 6.34. The minimum Gasteiger partial charge on any atom is -0.452 e. The molecule has 3 aromatic heterocycles. The molecule has 39 heavy (non-hydrogen) atoms. The highest BCUT2D eigenvalue weighted by Gasteiger charge is 2.47. The van der Waals surface area contributed by atoms with Crippen molar-refractivity contribution >= 4 is 41.1 Å². The van der Waals surface area contributed by atoms with Crippen LogP contribution in [0.3, 0.4) is 0 Å². The molecule has 4 amide bonds. The van der Waals surface area contributed by atoms with E-state index < -0.39 is 17.3 Å². The van der Waals surface area contributed by atoms with Crippen molar-refractivity contribution in [2.24, 2.45) is 0 Å². The molecule has 6 rings (SSSR count). The lowest BCUT2D eigenvalue weighted by molar-refractivity contribution is -0.122. The quantitative estimate of drug-likeness (QED) is 0.381. The topological polar surface area (TPSA) is 151 Å². The number of hydrogen-bond donors (Lipinski definition) is 3. The average Bonchev–Trinajstić information content (AvgIpc) is 3.54. The first-order valence-corrected chi connectivity index (χ1v) is 13.3. The van der Waals surface area contributed by atoms with E-state index in [0.29, 0.717) is 28.0 Å². The van der Waals surface area contributed by atoms with Crippen LogP contribution in [0.15, 0.2) is 67.0 Å². The van der Waals surface area contributed by atoms with Crippen molar-refractivity contribution < 1.29 is 19.1 Å². The Hall–Kier alpha value is -4.52. The fourth-order valence-electron chi connectivity index (χ4n) is 5.10. The van der Waals surface area contributed by atoms with E-state index >= 15 is 0 Å². The summed E-state index contributed by atoms with van der Waals surface area (Å²) in [7, 11) is 0. The number of urea groups is 1. The van der Waals surface area contributed by atoms with Gasteiger partial charge in [-0.05, 0) is 43.5 Å². The van der Waals surface area contributed by atoms with E-state index in [9.17, 15) is 14.4 Å². The SMILES string of the molecule is C=CC(=O)N[C@H]1CCC[C@H]1NC(=O)C1Sc2nccc3c2C1NC(=O)N3c1ccc(Oc2cncnc2)cn1. The summed E-state index contributed by atoms with van der Waals surface area (Å²) in [5.41, 5.74) is 1.39. The smallest absolute Gasteiger partial charge is 0.328 e. The summed E-state index contributed by atoms with van der Waals surface area (Å²) < 4.78 is 5.70. The average molecular weight is 545 g/mol. The molecule has 0 aromatic carbocycles. The number of aromatic nitrogens is 4. The van der Waals surface area contributed by atoms with Gasteiger partial charge in [0.2, 0.25) is 11.8 Å². The first-order chi connectivity index (χ1) is 19.0. The second kappa shape index (κ2) is 10.3. The van der Waals surface area contributed by atoms with Crippen molar-refractivity contribution in [2.75, 3.05) is 4.90 Å². The molecule has 5 heterocycles. The number of amides is 4. The fraction of sp³-hybridized carbons (Fsp3) is 0.269. The summed E-state index contributed by atoms with van der Waals surface area (Å²) in [6.07, 6.45) is 11.3. The second-order valence-corrected chi connectivity index (χ2v) is 10.4. The van der Waals surface area contributed by atoms with Gasteiger partial charge in [-0.3, -0.25) is 9.59 Å². The zero-order chi connectivity index (χ0) is 26.9. The van der Waals surface area contributed by atoms with Crippen LogP contribution >= 0.6 is 11.8 Å². The second-order valence-electron chi connectivity index (χ2n) is 9.24. The van der Waals surface area contributed by atoms with Crippen molar-refractivity contribution in [3.05, 3.63) is 67.5 Å². The van der Waals surface area contributed by atoms with Crippen LogP contribution in [0, 0.1) is 0 Å². The third-order valence-corrected chi connectivity index (χ3v) is 8.13. The lowest BCUT2D eigenvalue weighted by Crippen LogP contribution is -2.53. The van der Waals surface area contributed by atoms with Crippen LogP contribution in [0.4, 0.5) is 16.3 Å². The van der Waals surface area contributed by atoms with Crippen LogP contribution in [0.2, 0.25) is 0 Å². The molecule has 2 aliphatic heterocycles. The van der Waals surface area contributed by atoms with Gasteiger partial charge in [-0.25, -0.2) is 29.6 Å². The molecular weight excluding hydrogens is 520 g/mol. The van der Waals surface area contributed by atoms with Gasteiger partial charge in [0, 0.05) is 23.8 Å². The van der Waals surface area contributed by atoms with Gasteiger partial charge >= 0.3 is 6.03 Å². The lowest BCUT2D eigenvalue weighted by Gasteiger charge is -2.33. The standard InChI is InChI=1S/C26H24N8O4S/c1-2-20(35)31-16-4-3-5-17(16)32-24(36)23-22-21-18(8-9-29-25(21)39-23)34(26(37)33-22)19-7-6-14(12-30-19)38-15-10-27-13-28-11-15/h2,6-13,16-17,22-23H,1,3-5H2,(H,31,35)(H,32,36)(H,33,37)/t16-,17+,22?,23?/m0/s1. The number of nitrogens with one attached hydrogen (secondary N) is 3. The zero-order valence-corrected chi connectivity index (χ0v) is 21.4. The van der Waals surface area contributed by atoms with Gasteiger partial charge in [-0.15, -0.1) is 0 Å². The molecule has 3 N–H and O–H groups in total. The molecule has 3 aromatic rings. The van der Waals surface area contributed by atoms with Crippen LogP contribution in [-0.2, 0) is 9.59 Å². The van der Waals surface area contributed by atoms with Gasteiger partial charge in [-0.2, -0.15) is 0 Å². The first kappa shape index (κ1) is 24.8. The molecule has 13 heteroatoms. The third kappa shape index (κ3) is 4.76. The largest absolute Gasteiger partial charge is 0.452 e. The Bertz CT molecular complexity index is 1440. The first-order valence-electron chi connectivity index (χ1n) is 12.4. The van der Waals surface area contributed by atoms with Crippen molar-refractivity contribution in [3.8, 4) is 11.5 Å². The van der Waals surface area contributed by atoms with Crippen molar-refractivity contribution in [1.29, 1.82) is 0 Å². The summed E-state index contributed by atoms with van der Waals surface area (Å²) in [6.45, 7) is 3.50. The highest BCUT2D eigenvalue weighted by atomic mass is 32.2. The number of ether oxygens (including phenoxy) is 1. The molecule has 1 aliphatic carbocycles. The Morgan fingerprint density at radius 3 is 2.62 bits per heavy atom. The van der Waals surface area contributed by atoms with Gasteiger partial charge in [0.15, 0.2) is 5.75 Å². The molecule has 0 spiro atoms. The molecule has 2 unspecified atom stereocenters. The number of thioether (sulfide) groups is 1. The van der Waals surface area contributed by atoms with Gasteiger partial charge in [-0.1, -0.05) is 18.3 Å². The zero-order valence-electron chi connectivity index (χ0n) is 20.6. The maximum Gasteiger partial charge on any atom is 0.328 e. The molecule has 0 bridgehead atoms. The maximum absolute atomic E-state index is 13.4. The van der Waals surface area contributed by atoms with Gasteiger partial charge < -0.3 is 20.7 Å². The summed E-state index contributed by atoms with van der Waals surface area (Å²) in [6, 6.07) is 3.81. The Kier molecular flexibility index (Phi) is 6.57. The van der Waals surface area contributed by atoms with Crippen LogP contribution < -0.4 is 25.6 Å². The highest BCUT2D eigenvalue weighted by molar-refractivity contribution is 8.01.